The quantitative estimate of drug-likeness (QED) is 0.250. The molecule has 0 spiro atoms. The van der Waals surface area contributed by atoms with Gasteiger partial charge in [-0.15, -0.1) is 0 Å². The fourth-order valence-electron chi connectivity index (χ4n) is 5.29. The fraction of sp³-hybridized carbons (Fsp3) is 0.0606. The van der Waals surface area contributed by atoms with Gasteiger partial charge in [0.2, 0.25) is 0 Å². The van der Waals surface area contributed by atoms with Crippen molar-refractivity contribution in [3.63, 3.8) is 0 Å². The molecule has 0 nitrogen and oxygen atoms in total. The molecule has 0 aliphatic heterocycles. The highest BCUT2D eigenvalue weighted by atomic mass is 14.3. The van der Waals surface area contributed by atoms with E-state index < -0.39 is 0 Å². The van der Waals surface area contributed by atoms with Crippen molar-refractivity contribution in [2.75, 3.05) is 0 Å². The molecule has 0 heterocycles. The maximum Gasteiger partial charge on any atom is 0.0798 e. The zero-order chi connectivity index (χ0) is 22.4. The normalized spacial score (nSPS) is 14.3. The average molecular weight is 422 g/mol. The van der Waals surface area contributed by atoms with Crippen LogP contribution in [0.25, 0.3) is 38.6 Å². The molecule has 0 aromatic heterocycles. The number of benzene rings is 2. The summed E-state index contributed by atoms with van der Waals surface area (Å²) in [7, 11) is 0. The van der Waals surface area contributed by atoms with Gasteiger partial charge in [0.05, 0.1) is 22.3 Å². The Morgan fingerprint density at radius 1 is 0.636 bits per heavy atom. The molecule has 156 valence electrons. The minimum atomic E-state index is 1.27. The van der Waals surface area contributed by atoms with Crippen LogP contribution >= 0.6 is 0 Å². The summed E-state index contributed by atoms with van der Waals surface area (Å²) in [5, 5.41) is 2.55. The van der Waals surface area contributed by atoms with Crippen molar-refractivity contribution in [1.29, 1.82) is 0 Å². The van der Waals surface area contributed by atoms with Crippen molar-refractivity contribution < 1.29 is 0 Å². The Kier molecular flexibility index (Phi) is 4.66. The van der Waals surface area contributed by atoms with Crippen molar-refractivity contribution in [3.8, 4) is 11.1 Å². The maximum absolute atomic E-state index is 2.37. The lowest BCUT2D eigenvalue weighted by Crippen LogP contribution is -1.94. The van der Waals surface area contributed by atoms with Crippen molar-refractivity contribution in [3.05, 3.63) is 143 Å². The first-order valence-corrected chi connectivity index (χ1v) is 11.5. The maximum atomic E-state index is 2.37. The second-order valence-corrected chi connectivity index (χ2v) is 8.86. The third-order valence-corrected chi connectivity index (χ3v) is 6.83. The van der Waals surface area contributed by atoms with Crippen molar-refractivity contribution in [2.45, 2.75) is 13.8 Å². The summed E-state index contributed by atoms with van der Waals surface area (Å²) >= 11 is 0. The van der Waals surface area contributed by atoms with E-state index >= 15 is 0 Å². The smallest absolute Gasteiger partial charge is 0.0622 e. The summed E-state index contributed by atoms with van der Waals surface area (Å²) in [5.41, 5.74) is 13.0. The van der Waals surface area contributed by atoms with Crippen LogP contribution in [-0.2, 0) is 0 Å². The van der Waals surface area contributed by atoms with Gasteiger partial charge in [-0.25, -0.2) is 0 Å². The first kappa shape index (κ1) is 19.6. The molecule has 0 atom stereocenters. The fourth-order valence-corrected chi connectivity index (χ4v) is 5.29. The van der Waals surface area contributed by atoms with E-state index in [0.29, 0.717) is 0 Å². The molecule has 3 aromatic rings. The summed E-state index contributed by atoms with van der Waals surface area (Å²) in [4.78, 5) is 0. The molecule has 0 heteroatoms. The van der Waals surface area contributed by atoms with Crippen molar-refractivity contribution >= 4 is 27.5 Å². The molecular weight excluding hydrogens is 396 g/mol. The molecule has 3 aliphatic rings. The predicted octanol–water partition coefficient (Wildman–Crippen LogP) is 8.91. The first-order valence-electron chi connectivity index (χ1n) is 11.5. The molecule has 0 saturated heterocycles. The zero-order valence-electron chi connectivity index (χ0n) is 19.0. The molecule has 0 amide bonds. The highest BCUT2D eigenvalue weighted by molar-refractivity contribution is 6.15. The van der Waals surface area contributed by atoms with Gasteiger partial charge in [0.25, 0.3) is 0 Å². The second kappa shape index (κ2) is 7.83. The highest BCUT2D eigenvalue weighted by Gasteiger charge is 2.29. The van der Waals surface area contributed by atoms with Crippen LogP contribution in [0.4, 0.5) is 0 Å². The van der Waals surface area contributed by atoms with Gasteiger partial charge in [0, 0.05) is 28.8 Å². The topological polar surface area (TPSA) is 0 Å². The van der Waals surface area contributed by atoms with Gasteiger partial charge in [-0.2, -0.15) is 0 Å². The third-order valence-electron chi connectivity index (χ3n) is 6.83. The number of allylic oxidation sites excluding steroid dienone is 3. The number of rotatable bonds is 2. The number of fused-ring (bicyclic) bond motifs is 3. The lowest BCUT2D eigenvalue weighted by Gasteiger charge is -2.12. The Hall–Kier alpha value is -4.03. The minimum absolute atomic E-state index is 1.27. The van der Waals surface area contributed by atoms with Gasteiger partial charge in [0.15, 0.2) is 0 Å². The number of hydrogen-bond acceptors (Lipinski definition) is 0. The molecule has 0 radical (unpaired) electrons. The van der Waals surface area contributed by atoms with E-state index in [1.54, 1.807) is 0 Å². The number of hydrogen-bond donors (Lipinski definition) is 0. The van der Waals surface area contributed by atoms with Crippen LogP contribution < -0.4 is 0 Å². The van der Waals surface area contributed by atoms with Gasteiger partial charge < -0.3 is 0 Å². The molecule has 0 bridgehead atoms. The number of aryl methyl sites for hydroxylation is 1. The summed E-state index contributed by atoms with van der Waals surface area (Å²) < 4.78 is 0. The van der Waals surface area contributed by atoms with Crippen LogP contribution in [0, 0.1) is 6.92 Å². The zero-order valence-corrected chi connectivity index (χ0v) is 19.0. The van der Waals surface area contributed by atoms with E-state index in [0.717, 1.165) is 0 Å². The van der Waals surface area contributed by atoms with Crippen LogP contribution in [0.3, 0.4) is 0 Å². The lowest BCUT2D eigenvalue weighted by molar-refractivity contribution is 1.54. The molecule has 0 fully saturated rings. The Morgan fingerprint density at radius 2 is 1.36 bits per heavy atom. The largest absolute Gasteiger partial charge is 0.0798 e. The lowest BCUT2D eigenvalue weighted by atomic mass is 9.87. The van der Waals surface area contributed by atoms with E-state index in [4.69, 9.17) is 0 Å². The minimum Gasteiger partial charge on any atom is -0.0622 e. The summed E-state index contributed by atoms with van der Waals surface area (Å²) in [5.74, 6) is 0. The Morgan fingerprint density at radius 3 is 2.27 bits per heavy atom. The molecule has 3 aliphatic carbocycles. The SMILES string of the molecule is CC1=C/C(=C(/c2cc(C)c3cccccc2-3)c2cccc3ccccc23)[c+]2cccccc21. The van der Waals surface area contributed by atoms with Gasteiger partial charge in [-0.3, -0.25) is 0 Å². The average Bonchev–Trinajstić information content (AvgIpc) is 3.10. The monoisotopic (exact) mass is 421 g/mol. The van der Waals surface area contributed by atoms with E-state index in [1.165, 1.54) is 66.4 Å². The molecule has 3 aromatic carbocycles. The van der Waals surface area contributed by atoms with Gasteiger partial charge in [-0.1, -0.05) is 66.7 Å². The predicted molar refractivity (Wildman–Crippen MR) is 142 cm³/mol. The molecule has 0 saturated carbocycles. The van der Waals surface area contributed by atoms with Crippen LogP contribution in [-0.4, -0.2) is 0 Å². The van der Waals surface area contributed by atoms with E-state index in [2.05, 4.69) is 129 Å². The molecule has 33 heavy (non-hydrogen) atoms. The van der Waals surface area contributed by atoms with Crippen LogP contribution in [0.5, 0.6) is 0 Å². The van der Waals surface area contributed by atoms with Crippen LogP contribution in [0.1, 0.15) is 34.7 Å². The van der Waals surface area contributed by atoms with Gasteiger partial charge in [-0.05, 0) is 77.7 Å². The first-order chi connectivity index (χ1) is 16.2. The standard InChI is InChI=1S/C33H25/c1-22-20-31(28-17-7-3-5-14-25(22)28)33(30-19-11-13-24-12-9-10-16-27(24)30)32-21-23(2)26-15-6-4-8-18-29(26)32/h3-21H,1-2H3/q+1/b33-31-. The van der Waals surface area contributed by atoms with Gasteiger partial charge in [0.1, 0.15) is 0 Å². The molecule has 0 N–H and O–H groups in total. The van der Waals surface area contributed by atoms with E-state index in [9.17, 15) is 0 Å². The van der Waals surface area contributed by atoms with Crippen LogP contribution in [0.15, 0.2) is 115 Å². The summed E-state index contributed by atoms with van der Waals surface area (Å²) in [6.07, 6.45) is 2.37. The second-order valence-electron chi connectivity index (χ2n) is 8.86. The molecule has 6 rings (SSSR count). The van der Waals surface area contributed by atoms with E-state index in [-0.39, 0.29) is 0 Å². The molecule has 0 unspecified atom stereocenters. The van der Waals surface area contributed by atoms with Crippen molar-refractivity contribution in [1.82, 2.24) is 0 Å². The van der Waals surface area contributed by atoms with Crippen LogP contribution in [0.2, 0.25) is 0 Å². The summed E-state index contributed by atoms with van der Waals surface area (Å²) in [6.45, 7) is 4.45. The Bertz CT molecular complexity index is 1560. The van der Waals surface area contributed by atoms with Gasteiger partial charge >= 0.3 is 0 Å². The van der Waals surface area contributed by atoms with E-state index in [1.807, 2.05) is 0 Å². The molecular formula is C33H25+. The Labute approximate surface area is 195 Å². The van der Waals surface area contributed by atoms with Crippen molar-refractivity contribution in [2.24, 2.45) is 0 Å². The highest BCUT2D eigenvalue weighted by Crippen LogP contribution is 2.47. The Balaban J connectivity index is 1.78. The summed E-state index contributed by atoms with van der Waals surface area (Å²) in [6, 6.07) is 39.6. The third kappa shape index (κ3) is 3.18.